The zero-order valence-corrected chi connectivity index (χ0v) is 20.6. The molecule has 5 nitrogen and oxygen atoms in total. The lowest BCUT2D eigenvalue weighted by molar-refractivity contribution is -0.0139. The van der Waals surface area contributed by atoms with Gasteiger partial charge < -0.3 is 15.0 Å². The van der Waals surface area contributed by atoms with Crippen molar-refractivity contribution in [2.24, 2.45) is 4.99 Å². The van der Waals surface area contributed by atoms with Gasteiger partial charge in [0.2, 0.25) is 0 Å². The summed E-state index contributed by atoms with van der Waals surface area (Å²) in [6.45, 7) is 10.1. The van der Waals surface area contributed by atoms with E-state index in [0.29, 0.717) is 0 Å². The van der Waals surface area contributed by atoms with E-state index in [2.05, 4.69) is 58.4 Å². The molecule has 0 atom stereocenters. The summed E-state index contributed by atoms with van der Waals surface area (Å²) in [5, 5.41) is 3.55. The Morgan fingerprint density at radius 2 is 1.83 bits per heavy atom. The molecule has 0 aliphatic carbocycles. The van der Waals surface area contributed by atoms with Gasteiger partial charge in [-0.25, -0.2) is 0 Å². The SMILES string of the molecule is CCNC(=NCC1(N2CCCC2)CCOCC1)N1CC=C(c2ccccc2)CC1.I. The van der Waals surface area contributed by atoms with Gasteiger partial charge in [-0.05, 0) is 63.3 Å². The van der Waals surface area contributed by atoms with Gasteiger partial charge in [0.1, 0.15) is 0 Å². The molecule has 0 radical (unpaired) electrons. The molecule has 0 unspecified atom stereocenters. The van der Waals surface area contributed by atoms with E-state index in [1.54, 1.807) is 0 Å². The van der Waals surface area contributed by atoms with Crippen molar-refractivity contribution in [3.05, 3.63) is 42.0 Å². The van der Waals surface area contributed by atoms with Gasteiger partial charge in [-0.1, -0.05) is 36.4 Å². The molecule has 3 aliphatic rings. The number of aliphatic imine (C=N–C) groups is 1. The summed E-state index contributed by atoms with van der Waals surface area (Å²) in [6, 6.07) is 10.8. The number of ether oxygens (including phenoxy) is 1. The highest BCUT2D eigenvalue weighted by Crippen LogP contribution is 2.32. The van der Waals surface area contributed by atoms with Gasteiger partial charge in [0.05, 0.1) is 6.54 Å². The molecule has 0 amide bonds. The van der Waals surface area contributed by atoms with Crippen LogP contribution >= 0.6 is 24.0 Å². The van der Waals surface area contributed by atoms with Crippen LogP contribution in [0.25, 0.3) is 5.57 Å². The largest absolute Gasteiger partial charge is 0.381 e. The molecule has 0 saturated carbocycles. The van der Waals surface area contributed by atoms with Crippen LogP contribution in [0, 0.1) is 0 Å². The highest BCUT2D eigenvalue weighted by Gasteiger charge is 2.39. The molecule has 0 aromatic heterocycles. The van der Waals surface area contributed by atoms with Crippen molar-refractivity contribution in [1.82, 2.24) is 15.1 Å². The van der Waals surface area contributed by atoms with Crippen LogP contribution in [-0.2, 0) is 4.74 Å². The van der Waals surface area contributed by atoms with E-state index in [1.807, 2.05) is 0 Å². The monoisotopic (exact) mass is 524 g/mol. The summed E-state index contributed by atoms with van der Waals surface area (Å²) in [5.41, 5.74) is 3.00. The Morgan fingerprint density at radius 1 is 1.10 bits per heavy atom. The summed E-state index contributed by atoms with van der Waals surface area (Å²) in [7, 11) is 0. The average Bonchev–Trinajstić information content (AvgIpc) is 3.34. The fraction of sp³-hybridized carbons (Fsp3) is 0.625. The Kier molecular flexibility index (Phi) is 9.01. The second-order valence-electron chi connectivity index (χ2n) is 8.49. The molecule has 2 fully saturated rings. The number of likely N-dealkylation sites (tertiary alicyclic amines) is 1. The van der Waals surface area contributed by atoms with Gasteiger partial charge in [0, 0.05) is 38.4 Å². The molecule has 1 aromatic carbocycles. The average molecular weight is 524 g/mol. The van der Waals surface area contributed by atoms with Crippen molar-refractivity contribution in [2.45, 2.75) is 44.6 Å². The zero-order valence-electron chi connectivity index (χ0n) is 18.3. The minimum absolute atomic E-state index is 0. The summed E-state index contributed by atoms with van der Waals surface area (Å²) in [4.78, 5) is 10.3. The van der Waals surface area contributed by atoms with E-state index in [9.17, 15) is 0 Å². The lowest BCUT2D eigenvalue weighted by atomic mass is 9.88. The second-order valence-corrected chi connectivity index (χ2v) is 8.49. The molecule has 1 N–H and O–H groups in total. The first kappa shape index (κ1) is 23.5. The molecule has 30 heavy (non-hydrogen) atoms. The third-order valence-corrected chi connectivity index (χ3v) is 6.71. The van der Waals surface area contributed by atoms with Crippen molar-refractivity contribution in [3.63, 3.8) is 0 Å². The third kappa shape index (κ3) is 5.56. The predicted molar refractivity (Wildman–Crippen MR) is 136 cm³/mol. The lowest BCUT2D eigenvalue weighted by Gasteiger charge is -2.44. The number of nitrogens with zero attached hydrogens (tertiary/aromatic N) is 3. The standard InChI is InChI=1S/C24H36N4O.HI/c1-2-25-23(27-16-10-22(11-17-27)21-8-4-3-5-9-21)26-20-24(12-18-29-19-13-24)28-14-6-7-15-28;/h3-5,8-10H,2,6-7,11-20H2,1H3,(H,25,26);1H. The van der Waals surface area contributed by atoms with Crippen LogP contribution in [0.4, 0.5) is 0 Å². The van der Waals surface area contributed by atoms with Gasteiger partial charge >= 0.3 is 0 Å². The quantitative estimate of drug-likeness (QED) is 0.359. The van der Waals surface area contributed by atoms with Crippen molar-refractivity contribution in [3.8, 4) is 0 Å². The van der Waals surface area contributed by atoms with E-state index < -0.39 is 0 Å². The summed E-state index contributed by atoms with van der Waals surface area (Å²) < 4.78 is 5.70. The summed E-state index contributed by atoms with van der Waals surface area (Å²) >= 11 is 0. The number of hydrogen-bond acceptors (Lipinski definition) is 3. The molecule has 4 rings (SSSR count). The van der Waals surface area contributed by atoms with Crippen LogP contribution in [0.5, 0.6) is 0 Å². The van der Waals surface area contributed by atoms with Gasteiger partial charge in [-0.3, -0.25) is 9.89 Å². The first-order chi connectivity index (χ1) is 14.3. The fourth-order valence-corrected chi connectivity index (χ4v) is 4.94. The maximum absolute atomic E-state index is 5.70. The van der Waals surface area contributed by atoms with Crippen LogP contribution < -0.4 is 5.32 Å². The molecular weight excluding hydrogens is 487 g/mol. The first-order valence-corrected chi connectivity index (χ1v) is 11.4. The van der Waals surface area contributed by atoms with Crippen molar-refractivity contribution >= 4 is 35.5 Å². The van der Waals surface area contributed by atoms with E-state index >= 15 is 0 Å². The Bertz CT molecular complexity index is 709. The molecule has 3 heterocycles. The Labute approximate surface area is 199 Å². The number of guanidine groups is 1. The predicted octanol–water partition coefficient (Wildman–Crippen LogP) is 4.00. The summed E-state index contributed by atoms with van der Waals surface area (Å²) in [5.74, 6) is 1.07. The Balaban J connectivity index is 0.00000256. The lowest BCUT2D eigenvalue weighted by Crippen LogP contribution is -2.54. The van der Waals surface area contributed by atoms with E-state index in [0.717, 1.165) is 64.6 Å². The van der Waals surface area contributed by atoms with Crippen LogP contribution in [0.15, 0.2) is 41.4 Å². The number of hydrogen-bond donors (Lipinski definition) is 1. The molecule has 0 spiro atoms. The van der Waals surface area contributed by atoms with Crippen molar-refractivity contribution in [2.75, 3.05) is 52.5 Å². The van der Waals surface area contributed by atoms with Crippen LogP contribution in [0.1, 0.15) is 44.6 Å². The first-order valence-electron chi connectivity index (χ1n) is 11.4. The number of rotatable bonds is 5. The van der Waals surface area contributed by atoms with Gasteiger partial charge in [0.15, 0.2) is 5.96 Å². The highest BCUT2D eigenvalue weighted by atomic mass is 127. The molecule has 0 bridgehead atoms. The Morgan fingerprint density at radius 3 is 2.47 bits per heavy atom. The minimum atomic E-state index is 0. The van der Waals surface area contributed by atoms with Crippen molar-refractivity contribution < 1.29 is 4.74 Å². The molecule has 2 saturated heterocycles. The second kappa shape index (κ2) is 11.5. The van der Waals surface area contributed by atoms with Crippen LogP contribution in [-0.4, -0.2) is 73.8 Å². The molecule has 166 valence electrons. The van der Waals surface area contributed by atoms with Gasteiger partial charge in [0.25, 0.3) is 0 Å². The topological polar surface area (TPSA) is 40.1 Å². The zero-order chi connectivity index (χ0) is 19.9. The molecular formula is C24H37IN4O. The normalized spacial score (nSPS) is 22.4. The highest BCUT2D eigenvalue weighted by molar-refractivity contribution is 14.0. The smallest absolute Gasteiger partial charge is 0.194 e. The fourth-order valence-electron chi connectivity index (χ4n) is 4.94. The van der Waals surface area contributed by atoms with Gasteiger partial charge in [-0.15, -0.1) is 24.0 Å². The number of nitrogens with one attached hydrogen (secondary N) is 1. The Hall–Kier alpha value is -1.12. The van der Waals surface area contributed by atoms with Gasteiger partial charge in [-0.2, -0.15) is 0 Å². The van der Waals surface area contributed by atoms with Crippen LogP contribution in [0.3, 0.4) is 0 Å². The van der Waals surface area contributed by atoms with Crippen molar-refractivity contribution in [1.29, 1.82) is 0 Å². The number of benzene rings is 1. The third-order valence-electron chi connectivity index (χ3n) is 6.71. The molecule has 6 heteroatoms. The maximum Gasteiger partial charge on any atom is 0.194 e. The molecule has 3 aliphatic heterocycles. The summed E-state index contributed by atoms with van der Waals surface area (Å²) in [6.07, 6.45) is 8.30. The van der Waals surface area contributed by atoms with Crippen LogP contribution in [0.2, 0.25) is 0 Å². The molecule has 1 aromatic rings. The van der Waals surface area contributed by atoms with E-state index in [-0.39, 0.29) is 29.5 Å². The van der Waals surface area contributed by atoms with E-state index in [1.165, 1.54) is 37.1 Å². The number of halogens is 1. The maximum atomic E-state index is 5.70. The minimum Gasteiger partial charge on any atom is -0.381 e. The van der Waals surface area contributed by atoms with E-state index in [4.69, 9.17) is 9.73 Å².